The van der Waals surface area contributed by atoms with Crippen LogP contribution in [-0.2, 0) is 33.4 Å². The van der Waals surface area contributed by atoms with E-state index in [0.29, 0.717) is 57.8 Å². The van der Waals surface area contributed by atoms with Crippen LogP contribution in [0.15, 0.2) is 73.8 Å². The Kier molecular flexibility index (Phi) is 16.8. The van der Waals surface area contributed by atoms with Crippen molar-refractivity contribution in [2.45, 2.75) is 64.2 Å². The normalized spacial score (nSPS) is 15.0. The first-order valence-electron chi connectivity index (χ1n) is 16.4. The van der Waals surface area contributed by atoms with Crippen molar-refractivity contribution in [2.24, 2.45) is 11.8 Å². The number of hydrogen-bond donors (Lipinski definition) is 0. The van der Waals surface area contributed by atoms with Crippen molar-refractivity contribution >= 4 is 36.0 Å². The molecule has 1 aliphatic carbocycles. The van der Waals surface area contributed by atoms with Crippen molar-refractivity contribution in [3.05, 3.63) is 73.8 Å². The molecular formula is C37H42O13. The number of allylic oxidation sites excluding steroid dienone is 1. The van der Waals surface area contributed by atoms with Crippen LogP contribution in [0.25, 0.3) is 0 Å². The van der Waals surface area contributed by atoms with Gasteiger partial charge in [-0.3, -0.25) is 14.4 Å². The third-order valence-electron chi connectivity index (χ3n) is 7.57. The molecule has 13 heteroatoms. The van der Waals surface area contributed by atoms with Gasteiger partial charge in [-0.15, -0.1) is 0 Å². The molecule has 0 aliphatic heterocycles. The zero-order valence-electron chi connectivity index (χ0n) is 27.8. The lowest BCUT2D eigenvalue weighted by Gasteiger charge is -2.25. The first-order chi connectivity index (χ1) is 24.2. The first kappa shape index (κ1) is 39.0. The van der Waals surface area contributed by atoms with E-state index in [9.17, 15) is 28.8 Å². The van der Waals surface area contributed by atoms with Crippen LogP contribution >= 0.6 is 0 Å². The molecule has 1 saturated carbocycles. The lowest BCUT2D eigenvalue weighted by molar-refractivity contribution is -0.145. The van der Waals surface area contributed by atoms with Gasteiger partial charge < -0.3 is 33.2 Å². The van der Waals surface area contributed by atoms with Crippen molar-refractivity contribution in [2.75, 3.05) is 19.8 Å². The van der Waals surface area contributed by atoms with Crippen LogP contribution < -0.4 is 18.9 Å². The Morgan fingerprint density at radius 3 is 1.30 bits per heavy atom. The fraction of sp³-hybridized carbons (Fsp3) is 0.405. The lowest BCUT2D eigenvalue weighted by atomic mass is 9.82. The predicted molar refractivity (Wildman–Crippen MR) is 178 cm³/mol. The molecule has 0 radical (unpaired) electrons. The molecule has 268 valence electrons. The van der Waals surface area contributed by atoms with E-state index in [4.69, 9.17) is 33.2 Å². The number of ether oxygens (including phenoxy) is 7. The van der Waals surface area contributed by atoms with E-state index in [0.717, 1.165) is 12.5 Å². The second kappa shape index (κ2) is 21.5. The molecule has 1 fully saturated rings. The number of esters is 3. The molecule has 50 heavy (non-hydrogen) atoms. The summed E-state index contributed by atoms with van der Waals surface area (Å²) in [5, 5.41) is 0. The monoisotopic (exact) mass is 694 g/mol. The molecule has 13 nitrogen and oxygen atoms in total. The number of rotatable bonds is 19. The minimum atomic E-state index is -0.893. The summed E-state index contributed by atoms with van der Waals surface area (Å²) < 4.78 is 36.1. The van der Waals surface area contributed by atoms with Crippen molar-refractivity contribution in [1.82, 2.24) is 0 Å². The summed E-state index contributed by atoms with van der Waals surface area (Å²) in [5.41, 5.74) is 0. The van der Waals surface area contributed by atoms with Crippen LogP contribution in [0, 0.1) is 11.8 Å². The molecule has 0 N–H and O–H groups in total. The molecule has 1 aliphatic rings. The van der Waals surface area contributed by atoms with Crippen LogP contribution in [0.3, 0.4) is 0 Å². The van der Waals surface area contributed by atoms with Gasteiger partial charge in [-0.25, -0.2) is 14.4 Å². The molecule has 0 atom stereocenters. The van der Waals surface area contributed by atoms with E-state index >= 15 is 0 Å². The summed E-state index contributed by atoms with van der Waals surface area (Å²) in [6.45, 7) is 7.18. The van der Waals surface area contributed by atoms with E-state index in [2.05, 4.69) is 13.2 Å². The van der Waals surface area contributed by atoms with Crippen LogP contribution in [0.4, 0.5) is 9.59 Å². The molecule has 0 heterocycles. The van der Waals surface area contributed by atoms with E-state index < -0.39 is 30.2 Å². The predicted octanol–water partition coefficient (Wildman–Crippen LogP) is 6.86. The summed E-state index contributed by atoms with van der Waals surface area (Å²) >= 11 is 0. The average Bonchev–Trinajstić information content (AvgIpc) is 3.12. The third-order valence-corrected chi connectivity index (χ3v) is 7.57. The van der Waals surface area contributed by atoms with E-state index in [1.54, 1.807) is 0 Å². The summed E-state index contributed by atoms with van der Waals surface area (Å²) in [4.78, 5) is 71.4. The summed E-state index contributed by atoms with van der Waals surface area (Å²) in [6, 6.07) is 11.9. The first-order valence-corrected chi connectivity index (χ1v) is 16.4. The van der Waals surface area contributed by atoms with Crippen LogP contribution in [-0.4, -0.2) is 55.8 Å². The summed E-state index contributed by atoms with van der Waals surface area (Å²) in [7, 11) is 0. The zero-order chi connectivity index (χ0) is 36.1. The van der Waals surface area contributed by atoms with Gasteiger partial charge in [0.15, 0.2) is 5.78 Å². The van der Waals surface area contributed by atoms with Crippen molar-refractivity contribution in [1.29, 1.82) is 0 Å². The fourth-order valence-electron chi connectivity index (χ4n) is 4.79. The van der Waals surface area contributed by atoms with Gasteiger partial charge >= 0.3 is 30.2 Å². The van der Waals surface area contributed by atoms with Gasteiger partial charge in [-0.1, -0.05) is 13.2 Å². The van der Waals surface area contributed by atoms with Gasteiger partial charge in [0.05, 0.1) is 31.7 Å². The molecule has 0 spiro atoms. The van der Waals surface area contributed by atoms with Crippen LogP contribution in [0.5, 0.6) is 23.0 Å². The quantitative estimate of drug-likeness (QED) is 0.0374. The van der Waals surface area contributed by atoms with Crippen LogP contribution in [0.2, 0.25) is 0 Å². The smallest absolute Gasteiger partial charge is 0.463 e. The van der Waals surface area contributed by atoms with E-state index in [-0.39, 0.29) is 60.4 Å². The number of benzene rings is 2. The molecule has 0 amide bonds. The highest BCUT2D eigenvalue weighted by atomic mass is 16.7. The van der Waals surface area contributed by atoms with Crippen molar-refractivity contribution < 1.29 is 61.9 Å². The highest BCUT2D eigenvalue weighted by Crippen LogP contribution is 2.32. The second-order valence-corrected chi connectivity index (χ2v) is 11.3. The number of unbranched alkanes of at least 4 members (excludes halogenated alkanes) is 3. The number of hydrogen-bond acceptors (Lipinski definition) is 13. The molecule has 0 aromatic heterocycles. The summed E-state index contributed by atoms with van der Waals surface area (Å²) in [6.07, 6.45) is 5.84. The van der Waals surface area contributed by atoms with Gasteiger partial charge in [-0.2, -0.15) is 0 Å². The maximum Gasteiger partial charge on any atom is 0.513 e. The van der Waals surface area contributed by atoms with Crippen LogP contribution in [0.1, 0.15) is 64.2 Å². The number of carbonyl (C=O) groups is 6. The molecule has 0 bridgehead atoms. The number of carbonyl (C=O) groups excluding carboxylic acids is 6. The summed E-state index contributed by atoms with van der Waals surface area (Å²) in [5.74, 6) is -1.13. The molecule has 0 unspecified atom stereocenters. The van der Waals surface area contributed by atoms with Crippen molar-refractivity contribution in [3.8, 4) is 23.0 Å². The van der Waals surface area contributed by atoms with Gasteiger partial charge in [0.2, 0.25) is 0 Å². The van der Waals surface area contributed by atoms with Gasteiger partial charge in [0, 0.05) is 12.5 Å². The van der Waals surface area contributed by atoms with Gasteiger partial charge in [0.1, 0.15) is 23.0 Å². The maximum atomic E-state index is 12.8. The minimum absolute atomic E-state index is 0.0152. The Labute approximate surface area is 290 Å². The fourth-order valence-corrected chi connectivity index (χ4v) is 4.79. The third kappa shape index (κ3) is 14.8. The topological polar surface area (TPSA) is 167 Å². The standard InChI is InChI=1S/C37H42O13/c1-3-28(38)10-6-5-7-24-45-36(42)49-31-19-15-29(16-20-31)47-34(40)26-11-13-27(14-12-26)35(41)48-30-17-21-32(22-18-30)50-37(43)46-25-9-8-23-44-33(39)4-2/h3-4,15-22,26-27H,1-2,5-14,23-25H2. The highest BCUT2D eigenvalue weighted by Gasteiger charge is 2.32. The van der Waals surface area contributed by atoms with Crippen molar-refractivity contribution in [3.63, 3.8) is 0 Å². The molecular weight excluding hydrogens is 652 g/mol. The Hall–Kier alpha value is -5.46. The molecule has 2 aromatic carbocycles. The second-order valence-electron chi connectivity index (χ2n) is 11.3. The minimum Gasteiger partial charge on any atom is -0.463 e. The average molecular weight is 695 g/mol. The van der Waals surface area contributed by atoms with Gasteiger partial charge in [-0.05, 0) is 112 Å². The maximum absolute atomic E-state index is 12.8. The Morgan fingerprint density at radius 1 is 0.520 bits per heavy atom. The Morgan fingerprint density at radius 2 is 0.900 bits per heavy atom. The molecule has 0 saturated heterocycles. The lowest BCUT2D eigenvalue weighted by Crippen LogP contribution is -2.30. The Bertz CT molecular complexity index is 1340. The SMILES string of the molecule is C=CC(=O)CCCCCOC(=O)Oc1ccc(OC(=O)C2CCC(C(=O)Oc3ccc(OC(=O)OCCCCOC(=O)C=C)cc3)CC2)cc1. The molecule has 2 aromatic rings. The highest BCUT2D eigenvalue weighted by molar-refractivity contribution is 5.88. The van der Waals surface area contributed by atoms with E-state index in [1.807, 2.05) is 0 Å². The molecule has 3 rings (SSSR count). The Balaban J connectivity index is 1.30. The van der Waals surface area contributed by atoms with E-state index in [1.165, 1.54) is 54.6 Å². The van der Waals surface area contributed by atoms with Gasteiger partial charge in [0.25, 0.3) is 0 Å². The zero-order valence-corrected chi connectivity index (χ0v) is 27.8. The largest absolute Gasteiger partial charge is 0.513 e. The number of ketones is 1.